The molecule has 0 aliphatic heterocycles. The zero-order valence-corrected chi connectivity index (χ0v) is 11.9. The third-order valence-corrected chi connectivity index (χ3v) is 2.02. The first kappa shape index (κ1) is 19.3. The minimum atomic E-state index is -0.725. The molecule has 0 aliphatic carbocycles. The molecule has 0 aliphatic rings. The van der Waals surface area contributed by atoms with Gasteiger partial charge in [-0.1, -0.05) is 6.58 Å². The minimum absolute atomic E-state index is 0.0927. The number of rotatable bonds is 11. The van der Waals surface area contributed by atoms with Gasteiger partial charge in [-0.15, -0.1) is 4.79 Å². The quantitative estimate of drug-likeness (QED) is 0.174. The standard InChI is InChI=1S/C14H17O8/c1-3-11(15)19-7-9-21-13(17)5-6-14(18)22-10-8-20-12(16)4-2/h1,3-4H,2,5-10H2/q+1. The topological polar surface area (TPSA) is 105 Å². The van der Waals surface area contributed by atoms with Gasteiger partial charge in [0, 0.05) is 6.08 Å². The fourth-order valence-electron chi connectivity index (χ4n) is 1.05. The molecule has 0 fully saturated rings. The van der Waals surface area contributed by atoms with Crippen LogP contribution in [0.2, 0.25) is 0 Å². The lowest BCUT2D eigenvalue weighted by molar-refractivity contribution is -0.154. The largest absolute Gasteiger partial charge is 0.484 e. The van der Waals surface area contributed by atoms with Crippen LogP contribution in [0.1, 0.15) is 12.8 Å². The van der Waals surface area contributed by atoms with Crippen molar-refractivity contribution in [2.45, 2.75) is 12.8 Å². The van der Waals surface area contributed by atoms with Crippen LogP contribution in [0.4, 0.5) is 0 Å². The number of carbonyl (C=O) groups excluding carboxylic acids is 4. The maximum absolute atomic E-state index is 11.2. The Balaban J connectivity index is 3.58. The molecule has 0 spiro atoms. The van der Waals surface area contributed by atoms with Gasteiger partial charge in [0.15, 0.2) is 6.61 Å². The zero-order chi connectivity index (χ0) is 16.8. The molecule has 22 heavy (non-hydrogen) atoms. The summed E-state index contributed by atoms with van der Waals surface area (Å²) in [4.78, 5) is 43.8. The molecule has 0 bridgehead atoms. The highest BCUT2D eigenvalue weighted by Crippen LogP contribution is 1.96. The molecule has 0 unspecified atom stereocenters. The second-order valence-corrected chi connectivity index (χ2v) is 3.65. The maximum atomic E-state index is 11.2. The molecule has 0 saturated carbocycles. The predicted molar refractivity (Wildman–Crippen MR) is 72.1 cm³/mol. The lowest BCUT2D eigenvalue weighted by Gasteiger charge is -2.05. The van der Waals surface area contributed by atoms with Gasteiger partial charge in [0.05, 0.1) is 19.4 Å². The third-order valence-electron chi connectivity index (χ3n) is 2.02. The molecule has 0 N–H and O–H groups in total. The average Bonchev–Trinajstić information content (AvgIpc) is 2.52. The van der Waals surface area contributed by atoms with E-state index in [-0.39, 0.29) is 39.3 Å². The molecule has 8 nitrogen and oxygen atoms in total. The average molecular weight is 313 g/mol. The lowest BCUT2D eigenvalue weighted by atomic mass is 10.3. The first-order chi connectivity index (χ1) is 10.5. The first-order valence-electron chi connectivity index (χ1n) is 6.31. The summed E-state index contributed by atoms with van der Waals surface area (Å²) < 4.78 is 18.5. The van der Waals surface area contributed by atoms with Crippen molar-refractivity contribution in [1.82, 2.24) is 0 Å². The van der Waals surface area contributed by atoms with Crippen molar-refractivity contribution in [3.8, 4) is 0 Å². The molecule has 0 atom stereocenters. The lowest BCUT2D eigenvalue weighted by Crippen LogP contribution is -2.16. The van der Waals surface area contributed by atoms with Crippen molar-refractivity contribution in [2.75, 3.05) is 26.4 Å². The normalized spacial score (nSPS) is 9.23. The smallest absolute Gasteiger partial charge is 0.462 e. The number of carbonyl (C=O) groups is 4. The highest BCUT2D eigenvalue weighted by atomic mass is 16.6. The predicted octanol–water partition coefficient (Wildman–Crippen LogP) is 0.115. The van der Waals surface area contributed by atoms with E-state index < -0.39 is 23.9 Å². The van der Waals surface area contributed by atoms with Crippen LogP contribution in [-0.4, -0.2) is 50.3 Å². The van der Waals surface area contributed by atoms with Crippen LogP contribution in [0.25, 0.3) is 0 Å². The highest BCUT2D eigenvalue weighted by Gasteiger charge is 2.10. The van der Waals surface area contributed by atoms with E-state index in [0.717, 1.165) is 12.2 Å². The van der Waals surface area contributed by atoms with Crippen LogP contribution in [0.3, 0.4) is 0 Å². The van der Waals surface area contributed by atoms with E-state index in [0.29, 0.717) is 0 Å². The number of hydrogen-bond donors (Lipinski definition) is 0. The van der Waals surface area contributed by atoms with Gasteiger partial charge in [0.1, 0.15) is 19.8 Å². The van der Waals surface area contributed by atoms with E-state index in [4.69, 9.17) is 16.1 Å². The van der Waals surface area contributed by atoms with E-state index >= 15 is 0 Å². The highest BCUT2D eigenvalue weighted by molar-refractivity contribution is 5.81. The molecule has 0 radical (unpaired) electrons. The molecular formula is C14H17O8+. The van der Waals surface area contributed by atoms with E-state index in [9.17, 15) is 19.2 Å². The van der Waals surface area contributed by atoms with E-state index in [2.05, 4.69) is 16.1 Å². The SMILES string of the molecule is [CH+]=CC(=O)OCCOC(=O)CCC(=O)OCCOC(=O)C=C. The Morgan fingerprint density at radius 3 is 1.59 bits per heavy atom. The summed E-state index contributed by atoms with van der Waals surface area (Å²) in [5.41, 5.74) is 0. The Bertz CT molecular complexity index is 387. The molecule has 0 aromatic heterocycles. The van der Waals surface area contributed by atoms with Gasteiger partial charge < -0.3 is 18.9 Å². The summed E-state index contributed by atoms with van der Waals surface area (Å²) in [5, 5.41) is 0. The maximum Gasteiger partial charge on any atom is 0.484 e. The Kier molecular flexibility index (Phi) is 10.5. The second-order valence-electron chi connectivity index (χ2n) is 3.65. The summed E-state index contributed by atoms with van der Waals surface area (Å²) in [7, 11) is 0. The van der Waals surface area contributed by atoms with E-state index in [1.807, 2.05) is 0 Å². The Morgan fingerprint density at radius 2 is 1.18 bits per heavy atom. The third kappa shape index (κ3) is 11.1. The fraction of sp³-hybridized carbons (Fsp3) is 0.429. The summed E-state index contributed by atoms with van der Waals surface area (Å²) in [6.45, 7) is 7.61. The Labute approximate surface area is 127 Å². The van der Waals surface area contributed by atoms with Crippen LogP contribution < -0.4 is 0 Å². The van der Waals surface area contributed by atoms with Crippen molar-refractivity contribution < 1.29 is 38.1 Å². The molecular weight excluding hydrogens is 296 g/mol. The van der Waals surface area contributed by atoms with Crippen LogP contribution >= 0.6 is 0 Å². The second kappa shape index (κ2) is 12.0. The van der Waals surface area contributed by atoms with Crippen molar-refractivity contribution in [1.29, 1.82) is 0 Å². The summed E-state index contributed by atoms with van der Waals surface area (Å²) in [6, 6.07) is 0. The molecule has 0 amide bonds. The summed E-state index contributed by atoms with van der Waals surface area (Å²) in [5.74, 6) is -2.61. The van der Waals surface area contributed by atoms with Gasteiger partial charge >= 0.3 is 23.9 Å². The van der Waals surface area contributed by atoms with Crippen molar-refractivity contribution in [2.24, 2.45) is 0 Å². The van der Waals surface area contributed by atoms with E-state index in [1.165, 1.54) is 0 Å². The van der Waals surface area contributed by atoms with Gasteiger partial charge in [-0.2, -0.15) is 0 Å². The molecule has 0 aromatic carbocycles. The molecule has 120 valence electrons. The number of esters is 4. The van der Waals surface area contributed by atoms with E-state index in [1.54, 1.807) is 0 Å². The van der Waals surface area contributed by atoms with Crippen LogP contribution in [0.15, 0.2) is 18.7 Å². The van der Waals surface area contributed by atoms with Gasteiger partial charge in [-0.25, -0.2) is 4.79 Å². The monoisotopic (exact) mass is 313 g/mol. The Hall–Kier alpha value is -2.73. The van der Waals surface area contributed by atoms with Gasteiger partial charge in [-0.3, -0.25) is 9.59 Å². The van der Waals surface area contributed by atoms with Crippen molar-refractivity contribution >= 4 is 23.9 Å². The summed E-state index contributed by atoms with van der Waals surface area (Å²) in [6.07, 6.45) is 1.37. The number of ether oxygens (including phenoxy) is 4. The van der Waals surface area contributed by atoms with Crippen molar-refractivity contribution in [3.05, 3.63) is 25.3 Å². The van der Waals surface area contributed by atoms with Gasteiger partial charge in [-0.05, 0) is 0 Å². The van der Waals surface area contributed by atoms with Crippen molar-refractivity contribution in [3.63, 3.8) is 0 Å². The molecule has 8 heteroatoms. The summed E-state index contributed by atoms with van der Waals surface area (Å²) >= 11 is 0. The van der Waals surface area contributed by atoms with Crippen LogP contribution in [0, 0.1) is 6.58 Å². The number of hydrogen-bond acceptors (Lipinski definition) is 8. The molecule has 0 rings (SSSR count). The van der Waals surface area contributed by atoms with Gasteiger partial charge in [0.2, 0.25) is 6.08 Å². The molecule has 0 saturated heterocycles. The first-order valence-corrected chi connectivity index (χ1v) is 6.31. The van der Waals surface area contributed by atoms with Gasteiger partial charge in [0.25, 0.3) is 0 Å². The van der Waals surface area contributed by atoms with Crippen LogP contribution in [-0.2, 0) is 38.1 Å². The molecule has 0 aromatic rings. The van der Waals surface area contributed by atoms with Crippen LogP contribution in [0.5, 0.6) is 0 Å². The minimum Gasteiger partial charge on any atom is -0.462 e. The molecule has 0 heterocycles. The Morgan fingerprint density at radius 1 is 0.773 bits per heavy atom. The zero-order valence-electron chi connectivity index (χ0n) is 11.9. The fourth-order valence-corrected chi connectivity index (χ4v) is 1.05.